The molecule has 2 aromatic rings. The second kappa shape index (κ2) is 4.19. The third-order valence-electron chi connectivity index (χ3n) is 5.38. The molecule has 106 valence electrons. The number of fused-ring (bicyclic) bond motifs is 2. The highest BCUT2D eigenvalue weighted by Gasteiger charge is 2.48. The predicted octanol–water partition coefficient (Wildman–Crippen LogP) is 1.78. The van der Waals surface area contributed by atoms with Crippen molar-refractivity contribution in [3.8, 4) is 0 Å². The number of anilines is 1. The van der Waals surface area contributed by atoms with Crippen LogP contribution in [-0.4, -0.2) is 41.1 Å². The highest BCUT2D eigenvalue weighted by Crippen LogP contribution is 2.47. The zero-order chi connectivity index (χ0) is 13.7. The summed E-state index contributed by atoms with van der Waals surface area (Å²) in [5.74, 6) is 1.86. The minimum atomic E-state index is 0.462. The Kier molecular flexibility index (Phi) is 2.54. The van der Waals surface area contributed by atoms with Crippen LogP contribution < -0.4 is 10.2 Å². The molecule has 0 bridgehead atoms. The largest absolute Gasteiger partial charge is 0.356 e. The van der Waals surface area contributed by atoms with Crippen LogP contribution in [0.4, 0.5) is 5.82 Å². The van der Waals surface area contributed by atoms with E-state index in [2.05, 4.69) is 45.2 Å². The lowest BCUT2D eigenvalue weighted by molar-refractivity contribution is 0.304. The average molecular weight is 271 g/mol. The molecule has 2 N–H and O–H groups in total. The van der Waals surface area contributed by atoms with E-state index in [1.807, 2.05) is 6.20 Å². The standard InChI is InChI=1S/C15H21N5/c1-15-6-11(5-10(15)7-16-8-15)20(2)14-12-3-4-17-13(12)18-9-19-14/h3-4,9-11,16H,5-8H2,1-2H3,(H,17,18,19)/t10-,11?,15+/m1/s1. The van der Waals surface area contributed by atoms with Crippen LogP contribution in [0, 0.1) is 11.3 Å². The van der Waals surface area contributed by atoms with E-state index >= 15 is 0 Å². The quantitative estimate of drug-likeness (QED) is 0.874. The van der Waals surface area contributed by atoms with Gasteiger partial charge in [-0.15, -0.1) is 0 Å². The summed E-state index contributed by atoms with van der Waals surface area (Å²) in [7, 11) is 2.18. The molecule has 5 heteroatoms. The molecule has 0 aromatic carbocycles. The Balaban J connectivity index is 1.65. The van der Waals surface area contributed by atoms with Gasteiger partial charge in [-0.1, -0.05) is 6.92 Å². The van der Waals surface area contributed by atoms with Crippen LogP contribution in [0.15, 0.2) is 18.6 Å². The molecule has 1 unspecified atom stereocenters. The third kappa shape index (κ3) is 1.66. The van der Waals surface area contributed by atoms with Gasteiger partial charge >= 0.3 is 0 Å². The zero-order valence-electron chi connectivity index (χ0n) is 12.1. The lowest BCUT2D eigenvalue weighted by Gasteiger charge is -2.28. The molecular formula is C15H21N5. The molecular weight excluding hydrogens is 250 g/mol. The Hall–Kier alpha value is -1.62. The third-order valence-corrected chi connectivity index (χ3v) is 5.38. The fraction of sp³-hybridized carbons (Fsp3) is 0.600. The molecule has 1 aliphatic carbocycles. The normalized spacial score (nSPS) is 32.7. The van der Waals surface area contributed by atoms with Gasteiger partial charge in [-0.3, -0.25) is 0 Å². The molecule has 1 saturated heterocycles. The summed E-state index contributed by atoms with van der Waals surface area (Å²) in [6.07, 6.45) is 6.10. The van der Waals surface area contributed by atoms with Gasteiger partial charge < -0.3 is 15.2 Å². The van der Waals surface area contributed by atoms with Crippen molar-refractivity contribution < 1.29 is 0 Å². The Morgan fingerprint density at radius 1 is 1.40 bits per heavy atom. The molecule has 0 amide bonds. The van der Waals surface area contributed by atoms with E-state index < -0.39 is 0 Å². The zero-order valence-corrected chi connectivity index (χ0v) is 12.1. The van der Waals surface area contributed by atoms with Crippen molar-refractivity contribution in [2.75, 3.05) is 25.0 Å². The summed E-state index contributed by atoms with van der Waals surface area (Å²) in [6.45, 7) is 4.76. The fourth-order valence-corrected chi connectivity index (χ4v) is 4.09. The van der Waals surface area contributed by atoms with Gasteiger partial charge in [-0.05, 0) is 36.8 Å². The number of aromatic amines is 1. The van der Waals surface area contributed by atoms with Crippen molar-refractivity contribution in [2.24, 2.45) is 11.3 Å². The summed E-state index contributed by atoms with van der Waals surface area (Å²) in [4.78, 5) is 14.3. The molecule has 0 spiro atoms. The van der Waals surface area contributed by atoms with Crippen LogP contribution in [0.25, 0.3) is 11.0 Å². The van der Waals surface area contributed by atoms with E-state index in [1.54, 1.807) is 6.33 Å². The first kappa shape index (κ1) is 12.1. The summed E-state index contributed by atoms with van der Waals surface area (Å²) >= 11 is 0. The highest BCUT2D eigenvalue weighted by molar-refractivity contribution is 5.87. The molecule has 2 aromatic heterocycles. The number of nitrogens with one attached hydrogen (secondary N) is 2. The van der Waals surface area contributed by atoms with E-state index in [-0.39, 0.29) is 0 Å². The molecule has 4 rings (SSSR count). The van der Waals surface area contributed by atoms with E-state index in [1.165, 1.54) is 19.4 Å². The van der Waals surface area contributed by atoms with Crippen molar-refractivity contribution in [3.63, 3.8) is 0 Å². The Morgan fingerprint density at radius 2 is 2.30 bits per heavy atom. The lowest BCUT2D eigenvalue weighted by atomic mass is 9.83. The van der Waals surface area contributed by atoms with Crippen LogP contribution in [0.5, 0.6) is 0 Å². The number of H-pyrrole nitrogens is 1. The SMILES string of the molecule is CN(c1ncnc2[nH]ccc12)C1C[C@@H]2CNC[C@]2(C)C1. The van der Waals surface area contributed by atoms with Gasteiger partial charge in [0, 0.05) is 25.8 Å². The predicted molar refractivity (Wildman–Crippen MR) is 79.8 cm³/mol. The van der Waals surface area contributed by atoms with Crippen molar-refractivity contribution in [1.29, 1.82) is 0 Å². The van der Waals surface area contributed by atoms with Gasteiger partial charge in [0.25, 0.3) is 0 Å². The fourth-order valence-electron chi connectivity index (χ4n) is 4.09. The molecule has 3 heterocycles. The van der Waals surface area contributed by atoms with E-state index in [0.29, 0.717) is 11.5 Å². The summed E-state index contributed by atoms with van der Waals surface area (Å²) in [5.41, 5.74) is 1.39. The maximum absolute atomic E-state index is 4.52. The average Bonchev–Trinajstić information content (AvgIpc) is 3.09. The van der Waals surface area contributed by atoms with Crippen molar-refractivity contribution in [3.05, 3.63) is 18.6 Å². The van der Waals surface area contributed by atoms with Gasteiger partial charge in [0.15, 0.2) is 0 Å². The summed E-state index contributed by atoms with van der Waals surface area (Å²) in [5, 5.41) is 4.66. The van der Waals surface area contributed by atoms with Gasteiger partial charge in [0.1, 0.15) is 17.8 Å². The first-order valence-corrected chi connectivity index (χ1v) is 7.39. The molecule has 0 radical (unpaired) electrons. The monoisotopic (exact) mass is 271 g/mol. The first-order valence-electron chi connectivity index (χ1n) is 7.39. The van der Waals surface area contributed by atoms with Crippen LogP contribution in [0.3, 0.4) is 0 Å². The maximum atomic E-state index is 4.52. The number of nitrogens with zero attached hydrogens (tertiary/aromatic N) is 3. The minimum Gasteiger partial charge on any atom is -0.356 e. The smallest absolute Gasteiger partial charge is 0.142 e. The van der Waals surface area contributed by atoms with Gasteiger partial charge in [0.2, 0.25) is 0 Å². The Morgan fingerprint density at radius 3 is 3.15 bits per heavy atom. The molecule has 3 atom stereocenters. The second-order valence-electron chi connectivity index (χ2n) is 6.62. The van der Waals surface area contributed by atoms with Crippen molar-refractivity contribution >= 4 is 16.9 Å². The molecule has 1 saturated carbocycles. The number of rotatable bonds is 2. The lowest BCUT2D eigenvalue weighted by Crippen LogP contribution is -2.33. The molecule has 1 aliphatic heterocycles. The van der Waals surface area contributed by atoms with Crippen molar-refractivity contribution in [1.82, 2.24) is 20.3 Å². The maximum Gasteiger partial charge on any atom is 0.142 e. The first-order chi connectivity index (χ1) is 9.67. The summed E-state index contributed by atoms with van der Waals surface area (Å²) in [6, 6.07) is 2.65. The number of hydrogen-bond acceptors (Lipinski definition) is 4. The van der Waals surface area contributed by atoms with Gasteiger partial charge in [0.05, 0.1) is 5.39 Å². The summed E-state index contributed by atoms with van der Waals surface area (Å²) < 4.78 is 0. The van der Waals surface area contributed by atoms with Crippen LogP contribution in [-0.2, 0) is 0 Å². The van der Waals surface area contributed by atoms with E-state index in [0.717, 1.165) is 29.3 Å². The highest BCUT2D eigenvalue weighted by atomic mass is 15.2. The number of aromatic nitrogens is 3. The molecule has 5 nitrogen and oxygen atoms in total. The van der Waals surface area contributed by atoms with E-state index in [4.69, 9.17) is 0 Å². The van der Waals surface area contributed by atoms with Crippen LogP contribution in [0.2, 0.25) is 0 Å². The molecule has 2 aliphatic rings. The minimum absolute atomic E-state index is 0.462. The number of hydrogen-bond donors (Lipinski definition) is 2. The van der Waals surface area contributed by atoms with E-state index in [9.17, 15) is 0 Å². The second-order valence-corrected chi connectivity index (χ2v) is 6.62. The Labute approximate surface area is 118 Å². The van der Waals surface area contributed by atoms with Gasteiger partial charge in [-0.2, -0.15) is 0 Å². The molecule has 2 fully saturated rings. The van der Waals surface area contributed by atoms with Crippen LogP contribution in [0.1, 0.15) is 19.8 Å². The topological polar surface area (TPSA) is 56.8 Å². The van der Waals surface area contributed by atoms with Crippen LogP contribution >= 0.6 is 0 Å². The van der Waals surface area contributed by atoms with Gasteiger partial charge in [-0.25, -0.2) is 9.97 Å². The Bertz CT molecular complexity index is 636. The molecule has 20 heavy (non-hydrogen) atoms. The van der Waals surface area contributed by atoms with Crippen molar-refractivity contribution in [2.45, 2.75) is 25.8 Å².